The molecule has 0 fully saturated rings. The zero-order valence-electron chi connectivity index (χ0n) is 10.2. The molecule has 2 amide bonds. The van der Waals surface area contributed by atoms with E-state index >= 15 is 0 Å². The van der Waals surface area contributed by atoms with E-state index in [2.05, 4.69) is 10.6 Å². The normalized spacial score (nSPS) is 11.9. The fourth-order valence-corrected chi connectivity index (χ4v) is 1.32. The number of urea groups is 1. The van der Waals surface area contributed by atoms with Gasteiger partial charge >= 0.3 is 6.03 Å². The summed E-state index contributed by atoms with van der Waals surface area (Å²) in [6, 6.07) is 1.51. The van der Waals surface area contributed by atoms with Gasteiger partial charge < -0.3 is 10.6 Å². The Hall–Kier alpha value is -1.83. The van der Waals surface area contributed by atoms with E-state index in [4.69, 9.17) is 5.26 Å². The zero-order chi connectivity index (χ0) is 13.1. The second-order valence-electron chi connectivity index (χ2n) is 3.48. The molecular formula is C12H18FN3O. The van der Waals surface area contributed by atoms with Crippen LogP contribution in [-0.2, 0) is 0 Å². The van der Waals surface area contributed by atoms with E-state index in [1.807, 2.05) is 6.92 Å². The van der Waals surface area contributed by atoms with Crippen LogP contribution in [0.15, 0.2) is 23.6 Å². The van der Waals surface area contributed by atoms with Crippen LogP contribution in [-0.4, -0.2) is 19.6 Å². The van der Waals surface area contributed by atoms with Crippen molar-refractivity contribution in [1.82, 2.24) is 10.6 Å². The summed E-state index contributed by atoms with van der Waals surface area (Å²) in [5.74, 6) is 0. The van der Waals surface area contributed by atoms with E-state index in [0.29, 0.717) is 19.3 Å². The molecule has 0 radical (unpaired) electrons. The summed E-state index contributed by atoms with van der Waals surface area (Å²) in [6.45, 7) is 2.47. The molecule has 0 heterocycles. The van der Waals surface area contributed by atoms with E-state index < -0.39 is 0 Å². The highest BCUT2D eigenvalue weighted by Gasteiger charge is 2.01. The number of nitrogens with zero attached hydrogens (tertiary/aromatic N) is 1. The molecule has 0 aliphatic heterocycles. The Morgan fingerprint density at radius 3 is 2.65 bits per heavy atom. The minimum Gasteiger partial charge on any atom is -0.341 e. The molecule has 0 aliphatic rings. The summed E-state index contributed by atoms with van der Waals surface area (Å²) < 4.78 is 12.3. The first-order valence-electron chi connectivity index (χ1n) is 5.53. The van der Waals surface area contributed by atoms with Gasteiger partial charge in [-0.3, -0.25) is 0 Å². The van der Waals surface area contributed by atoms with Crippen LogP contribution in [0.3, 0.4) is 0 Å². The van der Waals surface area contributed by atoms with E-state index in [1.54, 1.807) is 6.07 Å². The first-order valence-corrected chi connectivity index (χ1v) is 5.53. The molecule has 0 aromatic carbocycles. The van der Waals surface area contributed by atoms with Crippen molar-refractivity contribution in [1.29, 1.82) is 5.26 Å². The molecule has 5 heteroatoms. The first kappa shape index (κ1) is 15.2. The van der Waals surface area contributed by atoms with Crippen LogP contribution in [0.2, 0.25) is 0 Å². The molecule has 0 saturated heterocycles. The SMILES string of the molecule is CCC/C(=C\C(C#N)=C\F)CCNC(=O)NC. The van der Waals surface area contributed by atoms with E-state index in [9.17, 15) is 9.18 Å². The lowest BCUT2D eigenvalue weighted by molar-refractivity contribution is 0.243. The Morgan fingerprint density at radius 2 is 2.18 bits per heavy atom. The van der Waals surface area contributed by atoms with Crippen molar-refractivity contribution in [3.05, 3.63) is 23.6 Å². The zero-order valence-corrected chi connectivity index (χ0v) is 10.2. The Morgan fingerprint density at radius 1 is 1.47 bits per heavy atom. The number of carbonyl (C=O) groups is 1. The highest BCUT2D eigenvalue weighted by Crippen LogP contribution is 2.12. The van der Waals surface area contributed by atoms with Gasteiger partial charge in [0.25, 0.3) is 0 Å². The Labute approximate surface area is 101 Å². The van der Waals surface area contributed by atoms with Crippen LogP contribution >= 0.6 is 0 Å². The number of amides is 2. The number of rotatable bonds is 6. The molecule has 0 aliphatic carbocycles. The molecule has 4 nitrogen and oxygen atoms in total. The predicted octanol–water partition coefficient (Wildman–Crippen LogP) is 2.41. The van der Waals surface area contributed by atoms with Gasteiger partial charge in [-0.2, -0.15) is 5.26 Å². The monoisotopic (exact) mass is 239 g/mol. The summed E-state index contributed by atoms with van der Waals surface area (Å²) in [5.41, 5.74) is 0.961. The highest BCUT2D eigenvalue weighted by molar-refractivity contribution is 5.73. The summed E-state index contributed by atoms with van der Waals surface area (Å²) in [5, 5.41) is 13.7. The van der Waals surface area contributed by atoms with Gasteiger partial charge in [0, 0.05) is 13.6 Å². The van der Waals surface area contributed by atoms with Crippen LogP contribution in [0.5, 0.6) is 0 Å². The Bertz CT molecular complexity index is 342. The number of nitriles is 1. The molecule has 0 aromatic heterocycles. The molecule has 17 heavy (non-hydrogen) atoms. The number of hydrogen-bond donors (Lipinski definition) is 2. The molecule has 0 aromatic rings. The number of carbonyl (C=O) groups excluding carboxylic acids is 1. The second kappa shape index (κ2) is 9.40. The summed E-state index contributed by atoms with van der Waals surface area (Å²) in [7, 11) is 1.54. The molecule has 0 rings (SSSR count). The standard InChI is InChI=1S/C12H18FN3O/c1-3-4-10(7-11(8-13)9-14)5-6-16-12(17)15-2/h7-8H,3-6H2,1-2H3,(H2,15,16,17)/b10-7+,11-8-. The quantitative estimate of drug-likeness (QED) is 0.552. The lowest BCUT2D eigenvalue weighted by Crippen LogP contribution is -2.33. The predicted molar refractivity (Wildman–Crippen MR) is 64.9 cm³/mol. The van der Waals surface area contributed by atoms with Crippen LogP contribution in [0.4, 0.5) is 9.18 Å². The summed E-state index contributed by atoms with van der Waals surface area (Å²) >= 11 is 0. The van der Waals surface area contributed by atoms with Crippen LogP contribution in [0, 0.1) is 11.3 Å². The smallest absolute Gasteiger partial charge is 0.314 e. The van der Waals surface area contributed by atoms with Crippen molar-refractivity contribution in [3.63, 3.8) is 0 Å². The van der Waals surface area contributed by atoms with Gasteiger partial charge in [0.2, 0.25) is 0 Å². The number of nitrogens with one attached hydrogen (secondary N) is 2. The lowest BCUT2D eigenvalue weighted by Gasteiger charge is -2.07. The van der Waals surface area contributed by atoms with Gasteiger partial charge in [-0.15, -0.1) is 0 Å². The van der Waals surface area contributed by atoms with Crippen molar-refractivity contribution in [2.75, 3.05) is 13.6 Å². The van der Waals surface area contributed by atoms with Crippen molar-refractivity contribution in [3.8, 4) is 6.07 Å². The molecule has 0 unspecified atom stereocenters. The number of hydrogen-bond acceptors (Lipinski definition) is 2. The van der Waals surface area contributed by atoms with Gasteiger partial charge in [-0.1, -0.05) is 18.9 Å². The van der Waals surface area contributed by atoms with E-state index in [1.165, 1.54) is 13.1 Å². The van der Waals surface area contributed by atoms with Gasteiger partial charge in [-0.25, -0.2) is 9.18 Å². The van der Waals surface area contributed by atoms with Crippen molar-refractivity contribution in [2.24, 2.45) is 0 Å². The van der Waals surface area contributed by atoms with Crippen LogP contribution < -0.4 is 10.6 Å². The van der Waals surface area contributed by atoms with Gasteiger partial charge in [0.05, 0.1) is 5.57 Å². The third-order valence-electron chi connectivity index (χ3n) is 2.14. The maximum atomic E-state index is 12.3. The lowest BCUT2D eigenvalue weighted by atomic mass is 10.0. The van der Waals surface area contributed by atoms with Gasteiger partial charge in [-0.05, 0) is 18.9 Å². The van der Waals surface area contributed by atoms with Crippen LogP contribution in [0.25, 0.3) is 0 Å². The maximum Gasteiger partial charge on any atom is 0.314 e. The average molecular weight is 239 g/mol. The molecule has 0 atom stereocenters. The largest absolute Gasteiger partial charge is 0.341 e. The van der Waals surface area contributed by atoms with E-state index in [-0.39, 0.29) is 11.6 Å². The third-order valence-corrected chi connectivity index (χ3v) is 2.14. The number of allylic oxidation sites excluding steroid dienone is 2. The average Bonchev–Trinajstić information content (AvgIpc) is 2.35. The maximum absolute atomic E-state index is 12.3. The Kier molecular flexibility index (Phi) is 8.39. The van der Waals surface area contributed by atoms with Crippen LogP contribution in [0.1, 0.15) is 26.2 Å². The van der Waals surface area contributed by atoms with Gasteiger partial charge in [0.1, 0.15) is 12.4 Å². The molecule has 0 saturated carbocycles. The molecular weight excluding hydrogens is 221 g/mol. The van der Waals surface area contributed by atoms with E-state index in [0.717, 1.165) is 18.4 Å². The fraction of sp³-hybridized carbons (Fsp3) is 0.500. The molecule has 0 bridgehead atoms. The minimum atomic E-state index is -0.248. The minimum absolute atomic E-state index is 0.00777. The molecule has 94 valence electrons. The second-order valence-corrected chi connectivity index (χ2v) is 3.48. The van der Waals surface area contributed by atoms with Crippen molar-refractivity contribution >= 4 is 6.03 Å². The molecule has 0 spiro atoms. The fourth-order valence-electron chi connectivity index (χ4n) is 1.32. The van der Waals surface area contributed by atoms with Gasteiger partial charge in [0.15, 0.2) is 0 Å². The Balaban J connectivity index is 4.35. The summed E-state index contributed by atoms with van der Waals surface area (Å²) in [6.07, 6.45) is 4.14. The highest BCUT2D eigenvalue weighted by atomic mass is 19.1. The van der Waals surface area contributed by atoms with Crippen molar-refractivity contribution in [2.45, 2.75) is 26.2 Å². The number of halogens is 1. The third kappa shape index (κ3) is 7.12. The molecule has 2 N–H and O–H groups in total. The van der Waals surface area contributed by atoms with Crippen molar-refractivity contribution < 1.29 is 9.18 Å². The topological polar surface area (TPSA) is 64.9 Å². The first-order chi connectivity index (χ1) is 8.17. The summed E-state index contributed by atoms with van der Waals surface area (Å²) in [4.78, 5) is 10.9.